The molecule has 10 atom stereocenters. The molecule has 1 unspecified atom stereocenters. The van der Waals surface area contributed by atoms with Crippen molar-refractivity contribution in [2.75, 3.05) is 0 Å². The van der Waals surface area contributed by atoms with Gasteiger partial charge in [-0.25, -0.2) is 0 Å². The van der Waals surface area contributed by atoms with Gasteiger partial charge < -0.3 is 10.3 Å². The predicted molar refractivity (Wildman–Crippen MR) is 131 cm³/mol. The number of oxime groups is 1. The number of aliphatic hydroxyl groups excluding tert-OH is 1. The van der Waals surface area contributed by atoms with Gasteiger partial charge in [0.05, 0.1) is 11.8 Å². The lowest BCUT2D eigenvalue weighted by Gasteiger charge is -2.62. The Kier molecular flexibility index (Phi) is 5.41. The molecule has 0 bridgehead atoms. The van der Waals surface area contributed by atoms with Crippen LogP contribution in [0.4, 0.5) is 0 Å². The van der Waals surface area contributed by atoms with Crippen molar-refractivity contribution in [2.24, 2.45) is 62.3 Å². The van der Waals surface area contributed by atoms with Crippen LogP contribution in [0.15, 0.2) is 5.16 Å². The van der Waals surface area contributed by atoms with E-state index in [4.69, 9.17) is 0 Å². The van der Waals surface area contributed by atoms with Crippen molar-refractivity contribution in [3.63, 3.8) is 0 Å². The lowest BCUT2D eigenvalue weighted by Crippen LogP contribution is -2.56. The molecular weight excluding hydrogens is 394 g/mol. The summed E-state index contributed by atoms with van der Waals surface area (Å²) in [5, 5.41) is 23.6. The zero-order valence-corrected chi connectivity index (χ0v) is 21.7. The van der Waals surface area contributed by atoms with Gasteiger partial charge in [-0.3, -0.25) is 0 Å². The SMILES string of the molecule is CC(C)/C(CC[C@@H](C)C1CC[C@@]2(C)[C@@H]3CC[C@H]4[C@H](C)[C@@H](O)CC[C@@]45C[C@@]35CC[C@]12C)=N\O. The van der Waals surface area contributed by atoms with Gasteiger partial charge in [-0.05, 0) is 128 Å². The smallest absolute Gasteiger partial charge is 0.0596 e. The molecule has 5 saturated carbocycles. The van der Waals surface area contributed by atoms with Crippen LogP contribution in [0.1, 0.15) is 112 Å². The first kappa shape index (κ1) is 23.2. The third-order valence-electron chi connectivity index (χ3n) is 13.1. The molecule has 5 aliphatic carbocycles. The highest BCUT2D eigenvalue weighted by atomic mass is 16.4. The maximum Gasteiger partial charge on any atom is 0.0596 e. The van der Waals surface area contributed by atoms with E-state index in [1.807, 2.05) is 0 Å². The molecule has 0 saturated heterocycles. The molecule has 0 amide bonds. The molecule has 5 fully saturated rings. The Morgan fingerprint density at radius 2 is 1.69 bits per heavy atom. The van der Waals surface area contributed by atoms with Crippen LogP contribution in [-0.4, -0.2) is 22.1 Å². The zero-order valence-electron chi connectivity index (χ0n) is 21.7. The van der Waals surface area contributed by atoms with Crippen LogP contribution in [0, 0.1) is 57.2 Å². The summed E-state index contributed by atoms with van der Waals surface area (Å²) in [6.07, 6.45) is 14.3. The van der Waals surface area contributed by atoms with Crippen LogP contribution >= 0.6 is 0 Å². The van der Waals surface area contributed by atoms with E-state index in [0.29, 0.717) is 39.4 Å². The summed E-state index contributed by atoms with van der Waals surface area (Å²) in [6, 6.07) is 0. The van der Waals surface area contributed by atoms with Crippen molar-refractivity contribution in [3.8, 4) is 0 Å². The van der Waals surface area contributed by atoms with Gasteiger partial charge in [-0.15, -0.1) is 0 Å². The fourth-order valence-electron chi connectivity index (χ4n) is 11.0. The number of rotatable bonds is 5. The van der Waals surface area contributed by atoms with Crippen LogP contribution in [0.25, 0.3) is 0 Å². The van der Waals surface area contributed by atoms with Gasteiger partial charge in [-0.2, -0.15) is 0 Å². The van der Waals surface area contributed by atoms with Crippen LogP contribution in [0.2, 0.25) is 0 Å². The lowest BCUT2D eigenvalue weighted by molar-refractivity contribution is -0.142. The van der Waals surface area contributed by atoms with Crippen LogP contribution < -0.4 is 0 Å². The Morgan fingerprint density at radius 1 is 0.938 bits per heavy atom. The van der Waals surface area contributed by atoms with Gasteiger partial charge in [0.25, 0.3) is 0 Å². The van der Waals surface area contributed by atoms with Gasteiger partial charge in [0, 0.05) is 0 Å². The second-order valence-corrected chi connectivity index (χ2v) is 13.9. The van der Waals surface area contributed by atoms with E-state index in [-0.39, 0.29) is 6.10 Å². The lowest BCUT2D eigenvalue weighted by atomic mass is 9.43. The molecule has 182 valence electrons. The monoisotopic (exact) mass is 443 g/mol. The Balaban J connectivity index is 1.36. The third-order valence-corrected chi connectivity index (χ3v) is 13.1. The van der Waals surface area contributed by atoms with Crippen molar-refractivity contribution in [1.82, 2.24) is 0 Å². The van der Waals surface area contributed by atoms with Crippen molar-refractivity contribution >= 4 is 5.71 Å². The molecule has 0 aromatic heterocycles. The number of fused-ring (bicyclic) bond motifs is 2. The van der Waals surface area contributed by atoms with Gasteiger partial charge in [-0.1, -0.05) is 46.7 Å². The highest BCUT2D eigenvalue weighted by Gasteiger charge is 2.81. The molecule has 0 aromatic rings. The maximum absolute atomic E-state index is 10.6. The van der Waals surface area contributed by atoms with Crippen molar-refractivity contribution in [1.29, 1.82) is 0 Å². The van der Waals surface area contributed by atoms with E-state index in [1.165, 1.54) is 51.4 Å². The summed E-state index contributed by atoms with van der Waals surface area (Å²) in [5.41, 5.74) is 3.08. The quantitative estimate of drug-likeness (QED) is 0.266. The van der Waals surface area contributed by atoms with E-state index in [2.05, 4.69) is 46.7 Å². The minimum absolute atomic E-state index is 0.0563. The molecule has 3 heteroatoms. The Morgan fingerprint density at radius 3 is 2.38 bits per heavy atom. The second kappa shape index (κ2) is 7.46. The Hall–Kier alpha value is -0.570. The van der Waals surface area contributed by atoms with E-state index in [0.717, 1.165) is 42.7 Å². The van der Waals surface area contributed by atoms with Gasteiger partial charge in [0.2, 0.25) is 0 Å². The van der Waals surface area contributed by atoms with E-state index in [9.17, 15) is 10.3 Å². The fraction of sp³-hybridized carbons (Fsp3) is 0.966. The number of hydrogen-bond acceptors (Lipinski definition) is 3. The standard InChI is InChI=1S/C29H49NO2/c1-18(2)23(30-32)9-7-19(3)21-11-13-27(6)25-10-8-22-20(4)24(31)12-14-28(22)17-29(25,28)16-15-26(21,27)5/h18-22,24-25,31-32H,7-17H2,1-6H3/b30-23-/t19-,20+,21?,22+,24+,25+,26-,27+,28-,29+/m1/s1. The Bertz CT molecular complexity index is 777. The molecule has 0 heterocycles. The van der Waals surface area contributed by atoms with Crippen LogP contribution in [0.3, 0.4) is 0 Å². The minimum Gasteiger partial charge on any atom is -0.411 e. The summed E-state index contributed by atoms with van der Waals surface area (Å²) in [4.78, 5) is 0. The molecule has 3 nitrogen and oxygen atoms in total. The van der Waals surface area contributed by atoms with Crippen LogP contribution in [0.5, 0.6) is 0 Å². The number of hydrogen-bond donors (Lipinski definition) is 2. The van der Waals surface area contributed by atoms with Gasteiger partial charge in [0.15, 0.2) is 0 Å². The largest absolute Gasteiger partial charge is 0.411 e. The molecular formula is C29H49NO2. The number of nitrogens with zero attached hydrogens (tertiary/aromatic N) is 1. The highest BCUT2D eigenvalue weighted by molar-refractivity contribution is 5.85. The molecule has 5 rings (SSSR count). The zero-order chi connectivity index (χ0) is 23.1. The van der Waals surface area contributed by atoms with Crippen LogP contribution in [-0.2, 0) is 0 Å². The maximum atomic E-state index is 10.6. The summed E-state index contributed by atoms with van der Waals surface area (Å²) in [7, 11) is 0. The third kappa shape index (κ3) is 2.78. The normalized spacial score (nSPS) is 53.2. The molecule has 5 aliphatic rings. The van der Waals surface area contributed by atoms with E-state index in [1.54, 1.807) is 0 Å². The molecule has 2 N–H and O–H groups in total. The predicted octanol–water partition coefficient (Wildman–Crippen LogP) is 7.30. The fourth-order valence-corrected chi connectivity index (χ4v) is 11.0. The molecule has 0 aromatic carbocycles. The first-order valence-corrected chi connectivity index (χ1v) is 14.0. The van der Waals surface area contributed by atoms with Crippen molar-refractivity contribution in [3.05, 3.63) is 0 Å². The summed E-state index contributed by atoms with van der Waals surface area (Å²) in [6.45, 7) is 14.5. The average molecular weight is 444 g/mol. The van der Waals surface area contributed by atoms with Crippen molar-refractivity contribution < 1.29 is 10.3 Å². The summed E-state index contributed by atoms with van der Waals surface area (Å²) in [5.74, 6) is 4.01. The molecule has 32 heavy (non-hydrogen) atoms. The molecule has 0 radical (unpaired) electrons. The molecule has 2 spiro atoms. The first-order valence-electron chi connectivity index (χ1n) is 14.0. The van der Waals surface area contributed by atoms with E-state index < -0.39 is 0 Å². The number of aliphatic hydroxyl groups is 1. The molecule has 0 aliphatic heterocycles. The first-order chi connectivity index (χ1) is 15.1. The topological polar surface area (TPSA) is 52.8 Å². The van der Waals surface area contributed by atoms with Crippen molar-refractivity contribution in [2.45, 2.75) is 118 Å². The average Bonchev–Trinajstić information content (AvgIpc) is 3.33. The van der Waals surface area contributed by atoms with Gasteiger partial charge in [0.1, 0.15) is 0 Å². The summed E-state index contributed by atoms with van der Waals surface area (Å²) >= 11 is 0. The van der Waals surface area contributed by atoms with E-state index >= 15 is 0 Å². The second-order valence-electron chi connectivity index (χ2n) is 13.9. The van der Waals surface area contributed by atoms with Gasteiger partial charge >= 0.3 is 0 Å². The summed E-state index contributed by atoms with van der Waals surface area (Å²) < 4.78 is 0. The minimum atomic E-state index is -0.0563. The highest BCUT2D eigenvalue weighted by Crippen LogP contribution is 2.88. The Labute approximate surface area is 196 Å².